The van der Waals surface area contributed by atoms with Gasteiger partial charge in [-0.3, -0.25) is 5.32 Å². The minimum absolute atomic E-state index is 0.136. The molecule has 8 nitrogen and oxygen atoms in total. The van der Waals surface area contributed by atoms with Crippen LogP contribution in [0, 0.1) is 5.92 Å². The zero-order valence-corrected chi connectivity index (χ0v) is 17.7. The van der Waals surface area contributed by atoms with E-state index >= 15 is 0 Å². The van der Waals surface area contributed by atoms with E-state index in [2.05, 4.69) is 5.32 Å². The molecule has 0 spiro atoms. The van der Waals surface area contributed by atoms with Crippen molar-refractivity contribution in [2.24, 2.45) is 5.92 Å². The van der Waals surface area contributed by atoms with Crippen LogP contribution in [0.15, 0.2) is 18.2 Å². The van der Waals surface area contributed by atoms with Gasteiger partial charge in [-0.1, -0.05) is 12.1 Å². The number of amides is 1. The summed E-state index contributed by atoms with van der Waals surface area (Å²) in [6, 6.07) is 5.56. The number of aliphatic hydroxyl groups excluding tert-OH is 1. The van der Waals surface area contributed by atoms with Crippen molar-refractivity contribution in [1.29, 1.82) is 0 Å². The van der Waals surface area contributed by atoms with Crippen LogP contribution in [0.2, 0.25) is 0 Å². The smallest absolute Gasteiger partial charge is 0.409 e. The zero-order chi connectivity index (χ0) is 21.2. The highest BCUT2D eigenvalue weighted by atomic mass is 16.7. The molecule has 0 radical (unpaired) electrons. The summed E-state index contributed by atoms with van der Waals surface area (Å²) in [6.07, 6.45) is -2.62. The van der Waals surface area contributed by atoms with E-state index in [-0.39, 0.29) is 13.4 Å². The van der Waals surface area contributed by atoms with Crippen LogP contribution in [0.1, 0.15) is 46.3 Å². The third-order valence-corrected chi connectivity index (χ3v) is 4.64. The van der Waals surface area contributed by atoms with E-state index in [0.717, 1.165) is 11.0 Å². The standard InChI is InChI=1S/C20H30BNO7/c1-19(2,3)28-18(24)22-17(23)16-13-7-6-8-14(15(13)21-29-16)25-9-12-10-26-20(4,5)27-11-12/h6-8,12,16-17,21,23H,9-11H2,1-5H3,(H,22,24). The second-order valence-electron chi connectivity index (χ2n) is 8.85. The number of benzene rings is 1. The first-order valence-corrected chi connectivity index (χ1v) is 9.86. The molecule has 1 aromatic rings. The minimum atomic E-state index is -1.23. The van der Waals surface area contributed by atoms with E-state index in [9.17, 15) is 9.90 Å². The molecular weight excluding hydrogens is 377 g/mol. The molecule has 3 rings (SSSR count). The summed E-state index contributed by atoms with van der Waals surface area (Å²) in [4.78, 5) is 11.9. The molecule has 2 aliphatic heterocycles. The minimum Gasteiger partial charge on any atom is -0.494 e. The number of fused-ring (bicyclic) bond motifs is 1. The van der Waals surface area contributed by atoms with Crippen LogP contribution >= 0.6 is 0 Å². The largest absolute Gasteiger partial charge is 0.494 e. The van der Waals surface area contributed by atoms with Crippen molar-refractivity contribution >= 4 is 19.0 Å². The summed E-state index contributed by atoms with van der Waals surface area (Å²) >= 11 is 0. The average Bonchev–Trinajstić information content (AvgIpc) is 3.04. The lowest BCUT2D eigenvalue weighted by molar-refractivity contribution is -0.264. The maximum atomic E-state index is 11.9. The van der Waals surface area contributed by atoms with Crippen molar-refractivity contribution in [3.63, 3.8) is 0 Å². The van der Waals surface area contributed by atoms with Crippen molar-refractivity contribution in [2.75, 3.05) is 19.8 Å². The molecule has 160 valence electrons. The topological polar surface area (TPSA) is 95.5 Å². The van der Waals surface area contributed by atoms with Gasteiger partial charge in [0.2, 0.25) is 0 Å². The fourth-order valence-electron chi connectivity index (χ4n) is 3.20. The van der Waals surface area contributed by atoms with Crippen LogP contribution in [-0.4, -0.2) is 56.1 Å². The molecule has 1 saturated heterocycles. The third-order valence-electron chi connectivity index (χ3n) is 4.64. The molecule has 2 N–H and O–H groups in total. The number of hydrogen-bond donors (Lipinski definition) is 2. The van der Waals surface area contributed by atoms with Crippen molar-refractivity contribution in [2.45, 2.75) is 58.3 Å². The molecule has 1 fully saturated rings. The second-order valence-corrected chi connectivity index (χ2v) is 8.85. The lowest BCUT2D eigenvalue weighted by atomic mass is 9.85. The highest BCUT2D eigenvalue weighted by molar-refractivity contribution is 6.50. The van der Waals surface area contributed by atoms with Gasteiger partial charge >= 0.3 is 13.6 Å². The molecule has 9 heteroatoms. The highest BCUT2D eigenvalue weighted by Crippen LogP contribution is 2.28. The molecule has 0 saturated carbocycles. The van der Waals surface area contributed by atoms with Gasteiger partial charge in [-0.15, -0.1) is 0 Å². The molecular formula is C20H30BNO7. The highest BCUT2D eigenvalue weighted by Gasteiger charge is 2.34. The van der Waals surface area contributed by atoms with E-state index in [4.69, 9.17) is 23.6 Å². The molecule has 2 atom stereocenters. The maximum absolute atomic E-state index is 11.9. The van der Waals surface area contributed by atoms with E-state index < -0.39 is 29.8 Å². The van der Waals surface area contributed by atoms with Gasteiger partial charge in [0.1, 0.15) is 17.5 Å². The molecule has 1 aromatic carbocycles. The number of aliphatic hydroxyl groups is 1. The number of ether oxygens (including phenoxy) is 4. The fraction of sp³-hybridized carbons (Fsp3) is 0.650. The normalized spacial score (nSPS) is 22.3. The average molecular weight is 407 g/mol. The summed E-state index contributed by atoms with van der Waals surface area (Å²) in [5, 5.41) is 12.9. The molecule has 2 unspecified atom stereocenters. The first-order valence-electron chi connectivity index (χ1n) is 9.86. The van der Waals surface area contributed by atoms with Gasteiger partial charge in [0, 0.05) is 5.92 Å². The van der Waals surface area contributed by atoms with E-state index in [0.29, 0.717) is 25.6 Å². The Morgan fingerprint density at radius 2 is 2.03 bits per heavy atom. The Balaban J connectivity index is 1.59. The van der Waals surface area contributed by atoms with Crippen molar-refractivity contribution in [1.82, 2.24) is 5.32 Å². The Morgan fingerprint density at radius 3 is 2.69 bits per heavy atom. The lowest BCUT2D eigenvalue weighted by Crippen LogP contribution is -2.42. The predicted octanol–water partition coefficient (Wildman–Crippen LogP) is 1.36. The Bertz CT molecular complexity index is 724. The van der Waals surface area contributed by atoms with Gasteiger partial charge < -0.3 is 28.7 Å². The van der Waals surface area contributed by atoms with Crippen LogP contribution in [0.3, 0.4) is 0 Å². The van der Waals surface area contributed by atoms with E-state index in [1.807, 2.05) is 32.0 Å². The first kappa shape index (κ1) is 21.9. The number of alkyl carbamates (subject to hydrolysis) is 1. The van der Waals surface area contributed by atoms with Crippen molar-refractivity contribution < 1.29 is 33.5 Å². The summed E-state index contributed by atoms with van der Waals surface area (Å²) in [5.74, 6) is 0.277. The first-order chi connectivity index (χ1) is 13.5. The SMILES string of the molecule is CC(C)(C)OC(=O)NC(O)C1OBc2c(OCC3COC(C)(C)OC3)cccc21. The summed E-state index contributed by atoms with van der Waals surface area (Å²) in [5.41, 5.74) is 0.991. The summed E-state index contributed by atoms with van der Waals surface area (Å²) in [6.45, 7) is 10.6. The Labute approximate surface area is 172 Å². The quantitative estimate of drug-likeness (QED) is 0.562. The molecule has 29 heavy (non-hydrogen) atoms. The molecule has 0 aromatic heterocycles. The van der Waals surface area contributed by atoms with Gasteiger partial charge in [0.15, 0.2) is 12.0 Å². The summed E-state index contributed by atoms with van der Waals surface area (Å²) < 4.78 is 28.2. The Morgan fingerprint density at radius 1 is 1.34 bits per heavy atom. The molecule has 1 amide bonds. The van der Waals surface area contributed by atoms with E-state index in [1.54, 1.807) is 20.8 Å². The van der Waals surface area contributed by atoms with Crippen molar-refractivity contribution in [3.05, 3.63) is 23.8 Å². The van der Waals surface area contributed by atoms with Crippen LogP contribution in [-0.2, 0) is 18.9 Å². The van der Waals surface area contributed by atoms with Crippen LogP contribution in [0.4, 0.5) is 4.79 Å². The molecule has 2 aliphatic rings. The van der Waals surface area contributed by atoms with Gasteiger partial charge in [-0.25, -0.2) is 4.79 Å². The molecule has 2 heterocycles. The van der Waals surface area contributed by atoms with E-state index in [1.165, 1.54) is 0 Å². The summed E-state index contributed by atoms with van der Waals surface area (Å²) in [7, 11) is 0.286. The van der Waals surface area contributed by atoms with Crippen molar-refractivity contribution in [3.8, 4) is 5.75 Å². The molecule has 0 bridgehead atoms. The second kappa shape index (κ2) is 8.51. The van der Waals surface area contributed by atoms with Crippen LogP contribution in [0.5, 0.6) is 5.75 Å². The van der Waals surface area contributed by atoms with Crippen LogP contribution < -0.4 is 15.5 Å². The number of hydrogen-bond acceptors (Lipinski definition) is 7. The Hall–Kier alpha value is -1.81. The Kier molecular flexibility index (Phi) is 6.43. The van der Waals surface area contributed by atoms with Gasteiger partial charge in [0.05, 0.1) is 19.8 Å². The van der Waals surface area contributed by atoms with Gasteiger partial charge in [-0.05, 0) is 51.7 Å². The van der Waals surface area contributed by atoms with Gasteiger partial charge in [-0.2, -0.15) is 0 Å². The zero-order valence-electron chi connectivity index (χ0n) is 17.7. The molecule has 0 aliphatic carbocycles. The number of carbonyl (C=O) groups excluding carboxylic acids is 1. The number of carbonyl (C=O) groups is 1. The maximum Gasteiger partial charge on any atom is 0.409 e. The lowest BCUT2D eigenvalue weighted by Gasteiger charge is -2.34. The number of rotatable bonds is 5. The fourth-order valence-corrected chi connectivity index (χ4v) is 3.20. The number of nitrogens with one attached hydrogen (secondary N) is 1. The monoisotopic (exact) mass is 407 g/mol. The van der Waals surface area contributed by atoms with Crippen LogP contribution in [0.25, 0.3) is 0 Å². The third kappa shape index (κ3) is 5.85. The predicted molar refractivity (Wildman–Crippen MR) is 107 cm³/mol. The van der Waals surface area contributed by atoms with Gasteiger partial charge in [0.25, 0.3) is 0 Å².